The maximum absolute atomic E-state index is 12.5. The first-order valence-corrected chi connectivity index (χ1v) is 6.25. The van der Waals surface area contributed by atoms with Crippen molar-refractivity contribution in [3.8, 4) is 0 Å². The summed E-state index contributed by atoms with van der Waals surface area (Å²) in [6.07, 6.45) is -2.77. The minimum absolute atomic E-state index is 0.254. The zero-order chi connectivity index (χ0) is 15.0. The van der Waals surface area contributed by atoms with Crippen LogP contribution < -0.4 is 5.32 Å². The second-order valence-electron chi connectivity index (χ2n) is 4.68. The number of nitrogens with one attached hydrogen (secondary N) is 1. The van der Waals surface area contributed by atoms with E-state index >= 15 is 0 Å². The average molecular weight is 289 g/mol. The fourth-order valence-corrected chi connectivity index (χ4v) is 2.22. The maximum Gasteiger partial charge on any atom is 0.416 e. The van der Waals surface area contributed by atoms with Gasteiger partial charge in [0, 0.05) is 16.8 Å². The van der Waals surface area contributed by atoms with Crippen LogP contribution in [0.1, 0.15) is 16.7 Å². The van der Waals surface area contributed by atoms with Gasteiger partial charge >= 0.3 is 6.18 Å². The lowest BCUT2D eigenvalue weighted by Crippen LogP contribution is -2.04. The number of alkyl halides is 3. The van der Waals surface area contributed by atoms with E-state index in [4.69, 9.17) is 0 Å². The molecule has 0 saturated heterocycles. The monoisotopic (exact) mass is 289 g/mol. The Morgan fingerprint density at radius 3 is 2.29 bits per heavy atom. The summed E-state index contributed by atoms with van der Waals surface area (Å²) in [6, 6.07) is 11.9. The van der Waals surface area contributed by atoms with Crippen molar-refractivity contribution in [3.05, 3.63) is 65.2 Å². The smallest absolute Gasteiger partial charge is 0.321 e. The molecule has 0 aliphatic carbocycles. The molecule has 0 radical (unpaired) electrons. The van der Waals surface area contributed by atoms with Gasteiger partial charge in [0.2, 0.25) is 0 Å². The summed E-state index contributed by atoms with van der Waals surface area (Å²) in [5.41, 5.74) is 1.75. The van der Waals surface area contributed by atoms with Gasteiger partial charge in [-0.05, 0) is 29.8 Å². The second-order valence-corrected chi connectivity index (χ2v) is 4.68. The number of carbonyl (C=O) groups excluding carboxylic acids is 1. The summed E-state index contributed by atoms with van der Waals surface area (Å²) in [5.74, 6) is -0.254. The molecule has 1 heterocycles. The molecule has 1 aliphatic rings. The molecular formula is C16H10F3NO. The predicted octanol–water partition coefficient (Wildman–Crippen LogP) is 4.20. The first-order valence-electron chi connectivity index (χ1n) is 6.25. The molecule has 0 spiro atoms. The van der Waals surface area contributed by atoms with E-state index in [1.807, 2.05) is 0 Å². The molecule has 2 aromatic carbocycles. The maximum atomic E-state index is 12.5. The third-order valence-corrected chi connectivity index (χ3v) is 3.26. The van der Waals surface area contributed by atoms with Crippen LogP contribution >= 0.6 is 0 Å². The third kappa shape index (κ3) is 2.54. The minimum atomic E-state index is -4.36. The fraction of sp³-hybridized carbons (Fsp3) is 0.0625. The fourth-order valence-electron chi connectivity index (χ4n) is 2.22. The number of rotatable bonds is 1. The Labute approximate surface area is 118 Å². The van der Waals surface area contributed by atoms with E-state index in [0.29, 0.717) is 16.8 Å². The van der Waals surface area contributed by atoms with E-state index in [1.54, 1.807) is 30.3 Å². The van der Waals surface area contributed by atoms with Crippen molar-refractivity contribution in [2.75, 3.05) is 5.32 Å². The van der Waals surface area contributed by atoms with Crippen LogP contribution in [0.2, 0.25) is 0 Å². The summed E-state index contributed by atoms with van der Waals surface area (Å²) in [7, 11) is 0. The lowest BCUT2D eigenvalue weighted by molar-refractivity contribution is -0.137. The molecule has 0 bridgehead atoms. The van der Waals surface area contributed by atoms with Gasteiger partial charge in [0.1, 0.15) is 0 Å². The third-order valence-electron chi connectivity index (χ3n) is 3.26. The van der Waals surface area contributed by atoms with Gasteiger partial charge in [-0.3, -0.25) is 4.79 Å². The van der Waals surface area contributed by atoms with Crippen molar-refractivity contribution in [1.82, 2.24) is 0 Å². The molecule has 3 rings (SSSR count). The molecule has 106 valence electrons. The summed E-state index contributed by atoms with van der Waals surface area (Å²) >= 11 is 0. The van der Waals surface area contributed by atoms with E-state index in [0.717, 1.165) is 17.7 Å². The number of hydrogen-bond donors (Lipinski definition) is 1. The molecule has 0 fully saturated rings. The van der Waals surface area contributed by atoms with E-state index in [1.165, 1.54) is 12.1 Å². The molecule has 0 saturated carbocycles. The van der Waals surface area contributed by atoms with Crippen LogP contribution in [0.5, 0.6) is 0 Å². The first-order chi connectivity index (χ1) is 9.95. The summed E-state index contributed by atoms with van der Waals surface area (Å²) < 4.78 is 37.5. The highest BCUT2D eigenvalue weighted by Crippen LogP contribution is 2.33. The highest BCUT2D eigenvalue weighted by molar-refractivity contribution is 6.34. The molecule has 0 atom stereocenters. The van der Waals surface area contributed by atoms with Crippen LogP contribution in [0.3, 0.4) is 0 Å². The van der Waals surface area contributed by atoms with Crippen LogP contribution in [0.25, 0.3) is 11.6 Å². The topological polar surface area (TPSA) is 29.1 Å². The molecule has 1 amide bonds. The molecule has 2 aromatic rings. The molecule has 2 nitrogen and oxygen atoms in total. The Kier molecular flexibility index (Phi) is 3.05. The largest absolute Gasteiger partial charge is 0.416 e. The minimum Gasteiger partial charge on any atom is -0.321 e. The van der Waals surface area contributed by atoms with E-state index < -0.39 is 11.7 Å². The van der Waals surface area contributed by atoms with Gasteiger partial charge < -0.3 is 5.32 Å². The van der Waals surface area contributed by atoms with Crippen LogP contribution in [-0.2, 0) is 11.0 Å². The Hall–Kier alpha value is -2.56. The number of hydrogen-bond acceptors (Lipinski definition) is 1. The van der Waals surface area contributed by atoms with E-state index in [2.05, 4.69) is 5.32 Å². The van der Waals surface area contributed by atoms with Crippen molar-refractivity contribution in [2.45, 2.75) is 6.18 Å². The molecule has 21 heavy (non-hydrogen) atoms. The average Bonchev–Trinajstić information content (AvgIpc) is 2.75. The molecule has 1 aliphatic heterocycles. The summed E-state index contributed by atoms with van der Waals surface area (Å²) in [5, 5.41) is 2.72. The van der Waals surface area contributed by atoms with Gasteiger partial charge in [-0.25, -0.2) is 0 Å². The van der Waals surface area contributed by atoms with Gasteiger partial charge in [0.15, 0.2) is 0 Å². The molecule has 0 aromatic heterocycles. The molecule has 5 heteroatoms. The summed E-state index contributed by atoms with van der Waals surface area (Å²) in [6.45, 7) is 0. The van der Waals surface area contributed by atoms with Crippen LogP contribution in [0.15, 0.2) is 48.5 Å². The van der Waals surface area contributed by atoms with Gasteiger partial charge in [-0.15, -0.1) is 0 Å². The number of fused-ring (bicyclic) bond motifs is 1. The number of anilines is 1. The highest BCUT2D eigenvalue weighted by atomic mass is 19.4. The SMILES string of the molecule is O=C1Nc2ccccc2/C1=C/c1ccc(C(F)(F)F)cc1. The van der Waals surface area contributed by atoms with Crippen molar-refractivity contribution < 1.29 is 18.0 Å². The van der Waals surface area contributed by atoms with Crippen molar-refractivity contribution in [1.29, 1.82) is 0 Å². The Balaban J connectivity index is 1.97. The van der Waals surface area contributed by atoms with Crippen LogP contribution in [-0.4, -0.2) is 5.91 Å². The molecular weight excluding hydrogens is 279 g/mol. The van der Waals surface area contributed by atoms with E-state index in [9.17, 15) is 18.0 Å². The lowest BCUT2D eigenvalue weighted by Gasteiger charge is -2.06. The Morgan fingerprint density at radius 1 is 0.952 bits per heavy atom. The quantitative estimate of drug-likeness (QED) is 0.783. The zero-order valence-corrected chi connectivity index (χ0v) is 10.7. The second kappa shape index (κ2) is 4.77. The zero-order valence-electron chi connectivity index (χ0n) is 10.7. The van der Waals surface area contributed by atoms with Crippen molar-refractivity contribution in [3.63, 3.8) is 0 Å². The van der Waals surface area contributed by atoms with Gasteiger partial charge in [0.05, 0.1) is 5.56 Å². The molecule has 0 unspecified atom stereocenters. The normalized spacial score (nSPS) is 16.0. The number of carbonyl (C=O) groups is 1. The molecule has 1 N–H and O–H groups in total. The van der Waals surface area contributed by atoms with Gasteiger partial charge in [-0.1, -0.05) is 30.3 Å². The highest BCUT2D eigenvalue weighted by Gasteiger charge is 2.30. The predicted molar refractivity (Wildman–Crippen MR) is 74.4 cm³/mol. The Bertz CT molecular complexity index is 730. The van der Waals surface area contributed by atoms with Crippen LogP contribution in [0.4, 0.5) is 18.9 Å². The standard InChI is InChI=1S/C16H10F3NO/c17-16(18,19)11-7-5-10(6-8-11)9-13-12-3-1-2-4-14(12)20-15(13)21/h1-9H,(H,20,21)/b13-9-. The van der Waals surface area contributed by atoms with E-state index in [-0.39, 0.29) is 5.91 Å². The number of benzene rings is 2. The van der Waals surface area contributed by atoms with Crippen molar-refractivity contribution in [2.24, 2.45) is 0 Å². The number of amides is 1. The Morgan fingerprint density at radius 2 is 1.62 bits per heavy atom. The number of halogens is 3. The van der Waals surface area contributed by atoms with Crippen LogP contribution in [0, 0.1) is 0 Å². The summed E-state index contributed by atoms with van der Waals surface area (Å²) in [4.78, 5) is 11.9. The van der Waals surface area contributed by atoms with Crippen molar-refractivity contribution >= 4 is 23.2 Å². The first kappa shape index (κ1) is 13.4. The number of para-hydroxylation sites is 1. The lowest BCUT2D eigenvalue weighted by atomic mass is 10.0. The van der Waals surface area contributed by atoms with Gasteiger partial charge in [-0.2, -0.15) is 13.2 Å². The van der Waals surface area contributed by atoms with Gasteiger partial charge in [0.25, 0.3) is 5.91 Å².